The van der Waals surface area contributed by atoms with Crippen molar-refractivity contribution in [2.45, 2.75) is 69.9 Å². The first-order chi connectivity index (χ1) is 20.7. The molecule has 3 aliphatic rings. The van der Waals surface area contributed by atoms with Crippen molar-refractivity contribution in [3.63, 3.8) is 0 Å². The van der Waals surface area contributed by atoms with Gasteiger partial charge in [-0.15, -0.1) is 0 Å². The Morgan fingerprint density at radius 3 is 2.67 bits per heavy atom. The van der Waals surface area contributed by atoms with E-state index in [1.165, 1.54) is 36.2 Å². The summed E-state index contributed by atoms with van der Waals surface area (Å²) >= 11 is 0. The standard InChI is InChI=1S/C32H42N4O6S/c1-34(43(33,39)40)17-18-35-15-6-10-24(35)21-42-28-12-5-11-27-30(28)31-29(22-8-3-2-4-9-22)25-14-13-23(32(37)38)20-26(25)36(31)16-7-19-41-27/h5,11-14,20,22,24H,2-4,6-10,15-19,21H2,1H3,(H,37,38)(H2,33,39,40). The molecule has 11 heteroatoms. The molecule has 2 aliphatic heterocycles. The first kappa shape index (κ1) is 29.9. The molecule has 10 nitrogen and oxygen atoms in total. The maximum Gasteiger partial charge on any atom is 0.335 e. The SMILES string of the molecule is CN(CCN1CCCC1COc1cccc2c1-c1c(C3CCCCC3)c3ccc(C(=O)O)cc3n1CCCO2)S(N)(=O)=O. The Kier molecular flexibility index (Phi) is 8.68. The second kappa shape index (κ2) is 12.5. The van der Waals surface area contributed by atoms with E-state index in [4.69, 9.17) is 14.6 Å². The minimum Gasteiger partial charge on any atom is -0.493 e. The van der Waals surface area contributed by atoms with Gasteiger partial charge in [0.1, 0.15) is 18.1 Å². The van der Waals surface area contributed by atoms with Crippen LogP contribution in [0.5, 0.6) is 11.5 Å². The molecule has 1 aromatic heterocycles. The average Bonchev–Trinajstić information content (AvgIpc) is 3.56. The molecule has 0 radical (unpaired) electrons. The van der Waals surface area contributed by atoms with Crippen molar-refractivity contribution >= 4 is 27.1 Å². The third-order valence-corrected chi connectivity index (χ3v) is 10.5. The summed E-state index contributed by atoms with van der Waals surface area (Å²) in [5, 5.41) is 16.2. The summed E-state index contributed by atoms with van der Waals surface area (Å²) in [6.07, 6.45) is 8.63. The number of ether oxygens (including phenoxy) is 2. The van der Waals surface area contributed by atoms with Crippen molar-refractivity contribution in [1.29, 1.82) is 0 Å². The minimum absolute atomic E-state index is 0.154. The lowest BCUT2D eigenvalue weighted by Gasteiger charge is -2.28. The zero-order valence-electron chi connectivity index (χ0n) is 24.8. The quantitative estimate of drug-likeness (QED) is 0.356. The molecule has 1 saturated heterocycles. The average molecular weight is 611 g/mol. The van der Waals surface area contributed by atoms with Gasteiger partial charge >= 0.3 is 5.97 Å². The molecule has 1 saturated carbocycles. The molecule has 0 bridgehead atoms. The van der Waals surface area contributed by atoms with E-state index in [1.807, 2.05) is 30.3 Å². The highest BCUT2D eigenvalue weighted by Crippen LogP contribution is 2.50. The monoisotopic (exact) mass is 610 g/mol. The molecular weight excluding hydrogens is 568 g/mol. The predicted octanol–water partition coefficient (Wildman–Crippen LogP) is 4.82. The van der Waals surface area contributed by atoms with Gasteiger partial charge in [0.25, 0.3) is 10.2 Å². The van der Waals surface area contributed by atoms with Crippen LogP contribution in [0.25, 0.3) is 22.2 Å². The van der Waals surface area contributed by atoms with Crippen molar-refractivity contribution in [3.8, 4) is 22.8 Å². The maximum absolute atomic E-state index is 12.0. The number of aromatic carboxylic acids is 1. The summed E-state index contributed by atoms with van der Waals surface area (Å²) in [5.74, 6) is 0.999. The third kappa shape index (κ3) is 6.13. The van der Waals surface area contributed by atoms with Crippen LogP contribution in [0.15, 0.2) is 36.4 Å². The van der Waals surface area contributed by atoms with E-state index in [0.717, 1.165) is 78.9 Å². The fourth-order valence-corrected chi connectivity index (χ4v) is 7.50. The zero-order valence-corrected chi connectivity index (χ0v) is 25.7. The number of rotatable bonds is 9. The van der Waals surface area contributed by atoms with Gasteiger partial charge in [-0.25, -0.2) is 9.93 Å². The van der Waals surface area contributed by atoms with Crippen LogP contribution in [0.4, 0.5) is 0 Å². The number of aryl methyl sites for hydroxylation is 1. The van der Waals surface area contributed by atoms with Crippen molar-refractivity contribution in [2.24, 2.45) is 5.14 Å². The smallest absolute Gasteiger partial charge is 0.335 e. The van der Waals surface area contributed by atoms with Gasteiger partial charge in [-0.3, -0.25) is 4.90 Å². The number of benzene rings is 2. The molecule has 6 rings (SSSR count). The van der Waals surface area contributed by atoms with Crippen LogP contribution in [0.3, 0.4) is 0 Å². The lowest BCUT2D eigenvalue weighted by Crippen LogP contribution is -2.42. The minimum atomic E-state index is -3.72. The molecule has 1 atom stereocenters. The Labute approximate surface area is 253 Å². The Balaban J connectivity index is 1.39. The van der Waals surface area contributed by atoms with Gasteiger partial charge in [0.15, 0.2) is 0 Å². The van der Waals surface area contributed by atoms with Crippen LogP contribution in [0, 0.1) is 0 Å². The lowest BCUT2D eigenvalue weighted by molar-refractivity contribution is 0.0697. The number of likely N-dealkylation sites (N-methyl/N-ethyl adjacent to an activating group) is 1. The number of carboxylic acids is 1. The Morgan fingerprint density at radius 2 is 1.91 bits per heavy atom. The fourth-order valence-electron chi connectivity index (χ4n) is 7.17. The molecule has 1 aliphatic carbocycles. The highest BCUT2D eigenvalue weighted by Gasteiger charge is 2.32. The van der Waals surface area contributed by atoms with E-state index in [2.05, 4.69) is 9.47 Å². The van der Waals surface area contributed by atoms with Gasteiger partial charge in [0.05, 0.1) is 23.4 Å². The molecule has 3 heterocycles. The molecule has 43 heavy (non-hydrogen) atoms. The van der Waals surface area contributed by atoms with Gasteiger partial charge in [0, 0.05) is 43.6 Å². The number of fused-ring (bicyclic) bond motifs is 5. The summed E-state index contributed by atoms with van der Waals surface area (Å²) < 4.78 is 39.9. The van der Waals surface area contributed by atoms with E-state index >= 15 is 0 Å². The predicted molar refractivity (Wildman–Crippen MR) is 166 cm³/mol. The van der Waals surface area contributed by atoms with Crippen LogP contribution in [-0.4, -0.2) is 79.2 Å². The highest BCUT2D eigenvalue weighted by atomic mass is 32.2. The fraction of sp³-hybridized carbons (Fsp3) is 0.531. The first-order valence-corrected chi connectivity index (χ1v) is 17.0. The van der Waals surface area contributed by atoms with Crippen LogP contribution in [0.2, 0.25) is 0 Å². The maximum atomic E-state index is 12.0. The number of nitrogens with two attached hydrogens (primary N) is 1. The van der Waals surface area contributed by atoms with Gasteiger partial charge < -0.3 is 19.1 Å². The molecule has 232 valence electrons. The largest absolute Gasteiger partial charge is 0.493 e. The van der Waals surface area contributed by atoms with Crippen LogP contribution < -0.4 is 14.6 Å². The van der Waals surface area contributed by atoms with Crippen LogP contribution in [0.1, 0.15) is 73.2 Å². The van der Waals surface area contributed by atoms with Crippen molar-refractivity contribution < 1.29 is 27.8 Å². The normalized spacial score (nSPS) is 19.9. The van der Waals surface area contributed by atoms with Crippen molar-refractivity contribution in [2.75, 3.05) is 39.9 Å². The number of hydrogen-bond donors (Lipinski definition) is 2. The van der Waals surface area contributed by atoms with Gasteiger partial charge in [-0.05, 0) is 74.4 Å². The summed E-state index contributed by atoms with van der Waals surface area (Å²) in [7, 11) is -2.22. The Hall–Kier alpha value is -3.12. The summed E-state index contributed by atoms with van der Waals surface area (Å²) in [6, 6.07) is 11.7. The molecule has 2 fully saturated rings. The Bertz CT molecular complexity index is 1600. The molecule has 3 N–H and O–H groups in total. The first-order valence-electron chi connectivity index (χ1n) is 15.5. The number of carbonyl (C=O) groups is 1. The Morgan fingerprint density at radius 1 is 1.09 bits per heavy atom. The number of carboxylic acid groups (broad SMARTS) is 1. The molecular formula is C32H42N4O6S. The van der Waals surface area contributed by atoms with Crippen molar-refractivity contribution in [3.05, 3.63) is 47.5 Å². The third-order valence-electron chi connectivity index (χ3n) is 9.44. The van der Waals surface area contributed by atoms with E-state index in [0.29, 0.717) is 37.8 Å². The molecule has 0 amide bonds. The molecule has 1 unspecified atom stereocenters. The number of nitrogens with zero attached hydrogens (tertiary/aromatic N) is 3. The van der Waals surface area contributed by atoms with E-state index in [1.54, 1.807) is 6.07 Å². The van der Waals surface area contributed by atoms with Crippen LogP contribution in [-0.2, 0) is 16.8 Å². The van der Waals surface area contributed by atoms with Crippen molar-refractivity contribution in [1.82, 2.24) is 13.8 Å². The number of likely N-dealkylation sites (tertiary alicyclic amines) is 1. The lowest BCUT2D eigenvalue weighted by atomic mass is 9.81. The van der Waals surface area contributed by atoms with Gasteiger partial charge in [-0.2, -0.15) is 12.7 Å². The molecule has 0 spiro atoms. The van der Waals surface area contributed by atoms with Gasteiger partial charge in [-0.1, -0.05) is 31.4 Å². The van der Waals surface area contributed by atoms with Gasteiger partial charge in [0.2, 0.25) is 0 Å². The molecule has 3 aromatic rings. The summed E-state index contributed by atoms with van der Waals surface area (Å²) in [6.45, 7) is 3.55. The highest BCUT2D eigenvalue weighted by molar-refractivity contribution is 7.86. The van der Waals surface area contributed by atoms with E-state index in [-0.39, 0.29) is 6.04 Å². The topological polar surface area (TPSA) is 127 Å². The van der Waals surface area contributed by atoms with E-state index in [9.17, 15) is 18.3 Å². The number of aromatic nitrogens is 1. The second-order valence-electron chi connectivity index (χ2n) is 12.1. The summed E-state index contributed by atoms with van der Waals surface area (Å²) in [4.78, 5) is 14.3. The van der Waals surface area contributed by atoms with E-state index < -0.39 is 16.2 Å². The number of hydrogen-bond acceptors (Lipinski definition) is 6. The zero-order chi connectivity index (χ0) is 30.1. The molecule has 2 aromatic carbocycles. The van der Waals surface area contributed by atoms with Crippen LogP contribution >= 0.6 is 0 Å². The summed E-state index contributed by atoms with van der Waals surface area (Å²) in [5.41, 5.74) is 4.56. The second-order valence-corrected chi connectivity index (χ2v) is 13.8.